The first-order valence-corrected chi connectivity index (χ1v) is 5.97. The fraction of sp³-hybridized carbons (Fsp3) is 0.733. The zero-order valence-electron chi connectivity index (χ0n) is 12.2. The summed E-state index contributed by atoms with van der Waals surface area (Å²) < 4.78 is 0. The van der Waals surface area contributed by atoms with Crippen LogP contribution in [0.15, 0.2) is 11.6 Å². The van der Waals surface area contributed by atoms with Gasteiger partial charge in [-0.3, -0.25) is 0 Å². The second-order valence-corrected chi connectivity index (χ2v) is 6.26. The van der Waals surface area contributed by atoms with E-state index in [0.29, 0.717) is 0 Å². The lowest BCUT2D eigenvalue weighted by Gasteiger charge is -2.28. The van der Waals surface area contributed by atoms with Gasteiger partial charge in [-0.25, -0.2) is 0 Å². The largest absolute Gasteiger partial charge is 0.330 e. The van der Waals surface area contributed by atoms with E-state index in [1.807, 2.05) is 7.05 Å². The number of hydrogen-bond acceptors (Lipinski definition) is 1. The zero-order chi connectivity index (χ0) is 13.0. The molecule has 0 aliphatic carbocycles. The van der Waals surface area contributed by atoms with E-state index >= 15 is 0 Å². The van der Waals surface area contributed by atoms with Crippen LogP contribution in [0, 0.1) is 17.4 Å². The minimum absolute atomic E-state index is 0.116. The lowest BCUT2D eigenvalue weighted by molar-refractivity contribution is 0.266. The van der Waals surface area contributed by atoms with Crippen LogP contribution in [0.1, 0.15) is 54.9 Å². The van der Waals surface area contributed by atoms with E-state index in [2.05, 4.69) is 71.4 Å². The van der Waals surface area contributed by atoms with E-state index in [9.17, 15) is 0 Å². The summed E-state index contributed by atoms with van der Waals surface area (Å²) in [6.07, 6.45) is 3.05. The van der Waals surface area contributed by atoms with Crippen molar-refractivity contribution < 1.29 is 0 Å². The zero-order valence-corrected chi connectivity index (χ0v) is 12.2. The van der Waals surface area contributed by atoms with Crippen molar-refractivity contribution in [3.8, 4) is 12.0 Å². The van der Waals surface area contributed by atoms with Crippen molar-refractivity contribution in [3.63, 3.8) is 0 Å². The molecule has 0 fully saturated rings. The summed E-state index contributed by atoms with van der Waals surface area (Å²) in [5.74, 6) is 3.26. The van der Waals surface area contributed by atoms with Gasteiger partial charge in [0.15, 0.2) is 0 Å². The molecule has 1 heteroatoms. The standard InChI is InChI=1S/C15H27N/c1-9-13(14(2,3)4)11-10-12-16(8)15(5,6)7/h9H,11H2,1-8H3/b13-9-. The minimum Gasteiger partial charge on any atom is -0.330 e. The number of allylic oxidation sites excluding steroid dienone is 2. The molecule has 0 atom stereocenters. The Labute approximate surface area is 102 Å². The second kappa shape index (κ2) is 5.43. The molecule has 0 heterocycles. The average molecular weight is 221 g/mol. The summed E-state index contributed by atoms with van der Waals surface area (Å²) in [6, 6.07) is 3.20. The molecule has 1 nitrogen and oxygen atoms in total. The molecule has 0 aromatic heterocycles. The van der Waals surface area contributed by atoms with Gasteiger partial charge in [0.05, 0.1) is 0 Å². The highest BCUT2D eigenvalue weighted by molar-refractivity contribution is 5.18. The van der Waals surface area contributed by atoms with Crippen LogP contribution in [0.5, 0.6) is 0 Å². The van der Waals surface area contributed by atoms with Gasteiger partial charge in [-0.1, -0.05) is 38.3 Å². The number of hydrogen-bond donors (Lipinski definition) is 0. The third-order valence-electron chi connectivity index (χ3n) is 2.84. The van der Waals surface area contributed by atoms with E-state index in [1.165, 1.54) is 5.57 Å². The Balaban J connectivity index is 4.53. The Morgan fingerprint density at radius 1 is 1.12 bits per heavy atom. The van der Waals surface area contributed by atoms with Gasteiger partial charge in [0.25, 0.3) is 0 Å². The maximum absolute atomic E-state index is 3.26. The molecular formula is C15H27N. The molecule has 0 radical (unpaired) electrons. The monoisotopic (exact) mass is 221 g/mol. The summed E-state index contributed by atoms with van der Waals surface area (Å²) in [5.41, 5.74) is 1.75. The highest BCUT2D eigenvalue weighted by atomic mass is 15.1. The van der Waals surface area contributed by atoms with Crippen molar-refractivity contribution in [2.45, 2.75) is 60.4 Å². The third-order valence-corrected chi connectivity index (χ3v) is 2.84. The summed E-state index contributed by atoms with van der Waals surface area (Å²) in [6.45, 7) is 15.3. The lowest BCUT2D eigenvalue weighted by Crippen LogP contribution is -2.34. The van der Waals surface area contributed by atoms with Gasteiger partial charge in [-0.05, 0) is 33.1 Å². The fourth-order valence-electron chi connectivity index (χ4n) is 1.22. The molecule has 0 aliphatic heterocycles. The summed E-state index contributed by atoms with van der Waals surface area (Å²) in [5, 5.41) is 0. The van der Waals surface area contributed by atoms with Crippen LogP contribution in [0.2, 0.25) is 0 Å². The molecule has 0 spiro atoms. The number of nitrogens with zero attached hydrogens (tertiary/aromatic N) is 1. The Morgan fingerprint density at radius 2 is 1.62 bits per heavy atom. The Morgan fingerprint density at radius 3 is 1.94 bits per heavy atom. The molecule has 0 aromatic carbocycles. The van der Waals surface area contributed by atoms with Crippen LogP contribution in [0.25, 0.3) is 0 Å². The Kier molecular flexibility index (Phi) is 5.13. The van der Waals surface area contributed by atoms with Crippen molar-refractivity contribution >= 4 is 0 Å². The van der Waals surface area contributed by atoms with Gasteiger partial charge < -0.3 is 4.90 Å². The van der Waals surface area contributed by atoms with Crippen LogP contribution in [-0.4, -0.2) is 17.5 Å². The fourth-order valence-corrected chi connectivity index (χ4v) is 1.22. The minimum atomic E-state index is 0.116. The first kappa shape index (κ1) is 15.1. The summed E-state index contributed by atoms with van der Waals surface area (Å²) in [7, 11) is 2.04. The van der Waals surface area contributed by atoms with Gasteiger partial charge >= 0.3 is 0 Å². The molecule has 0 saturated carbocycles. The van der Waals surface area contributed by atoms with Gasteiger partial charge in [0, 0.05) is 25.1 Å². The normalized spacial score (nSPS) is 13.1. The topological polar surface area (TPSA) is 3.24 Å². The van der Waals surface area contributed by atoms with Crippen molar-refractivity contribution in [1.29, 1.82) is 0 Å². The first-order valence-electron chi connectivity index (χ1n) is 5.97. The predicted molar refractivity (Wildman–Crippen MR) is 73.1 cm³/mol. The maximum Gasteiger partial charge on any atom is 0.0393 e. The first-order chi connectivity index (χ1) is 7.09. The van der Waals surface area contributed by atoms with Crippen molar-refractivity contribution in [2.24, 2.45) is 5.41 Å². The molecular weight excluding hydrogens is 194 g/mol. The predicted octanol–water partition coefficient (Wildman–Crippen LogP) is 4.06. The Bertz CT molecular complexity index is 299. The SMILES string of the molecule is C/C=C(/CC#CN(C)C(C)(C)C)C(C)(C)C. The quantitative estimate of drug-likeness (QED) is 0.367. The van der Waals surface area contributed by atoms with Crippen LogP contribution >= 0.6 is 0 Å². The highest BCUT2D eigenvalue weighted by Crippen LogP contribution is 2.27. The van der Waals surface area contributed by atoms with E-state index in [1.54, 1.807) is 0 Å². The van der Waals surface area contributed by atoms with Crippen molar-refractivity contribution in [3.05, 3.63) is 11.6 Å². The van der Waals surface area contributed by atoms with Gasteiger partial charge in [-0.2, -0.15) is 0 Å². The van der Waals surface area contributed by atoms with Gasteiger partial charge in [0.2, 0.25) is 0 Å². The molecule has 92 valence electrons. The molecule has 0 unspecified atom stereocenters. The number of rotatable bonds is 1. The van der Waals surface area contributed by atoms with Gasteiger partial charge in [0.1, 0.15) is 0 Å². The third kappa shape index (κ3) is 5.26. The second-order valence-electron chi connectivity index (χ2n) is 6.26. The van der Waals surface area contributed by atoms with Crippen molar-refractivity contribution in [1.82, 2.24) is 4.90 Å². The van der Waals surface area contributed by atoms with Crippen LogP contribution in [0.4, 0.5) is 0 Å². The summed E-state index contributed by atoms with van der Waals surface area (Å²) >= 11 is 0. The molecule has 0 amide bonds. The van der Waals surface area contributed by atoms with Crippen LogP contribution in [-0.2, 0) is 0 Å². The van der Waals surface area contributed by atoms with Crippen LogP contribution in [0.3, 0.4) is 0 Å². The molecule has 0 aromatic rings. The lowest BCUT2D eigenvalue weighted by atomic mass is 9.84. The van der Waals surface area contributed by atoms with Crippen molar-refractivity contribution in [2.75, 3.05) is 7.05 Å². The smallest absolute Gasteiger partial charge is 0.0393 e. The molecule has 0 aliphatic rings. The average Bonchev–Trinajstić information content (AvgIpc) is 2.08. The van der Waals surface area contributed by atoms with E-state index in [0.717, 1.165) is 6.42 Å². The Hall–Kier alpha value is -0.900. The highest BCUT2D eigenvalue weighted by Gasteiger charge is 2.15. The maximum atomic E-state index is 3.26. The molecule has 0 bridgehead atoms. The molecule has 0 rings (SSSR count). The summed E-state index contributed by atoms with van der Waals surface area (Å²) in [4.78, 5) is 2.07. The molecule has 0 N–H and O–H groups in total. The van der Waals surface area contributed by atoms with Crippen LogP contribution < -0.4 is 0 Å². The van der Waals surface area contributed by atoms with E-state index < -0.39 is 0 Å². The van der Waals surface area contributed by atoms with E-state index in [4.69, 9.17) is 0 Å². The van der Waals surface area contributed by atoms with Gasteiger partial charge in [-0.15, -0.1) is 0 Å². The molecule has 16 heavy (non-hydrogen) atoms. The molecule has 0 saturated heterocycles. The van der Waals surface area contributed by atoms with E-state index in [-0.39, 0.29) is 11.0 Å².